The quantitative estimate of drug-likeness (QED) is 0.650. The Morgan fingerprint density at radius 2 is 2.00 bits per heavy atom. The van der Waals surface area contributed by atoms with Gasteiger partial charge in [0.1, 0.15) is 0 Å². The predicted octanol–water partition coefficient (Wildman–Crippen LogP) is 0.413. The molecule has 1 rings (SSSR count). The van der Waals surface area contributed by atoms with Gasteiger partial charge in [0.2, 0.25) is 5.91 Å². The number of nitrogens with zero attached hydrogens (tertiary/aromatic N) is 2. The number of nitrogens with one attached hydrogen (secondary N) is 1. The van der Waals surface area contributed by atoms with Crippen LogP contribution in [-0.4, -0.2) is 75.2 Å². The van der Waals surface area contributed by atoms with Gasteiger partial charge in [-0.15, -0.1) is 0 Å². The Morgan fingerprint density at radius 1 is 1.32 bits per heavy atom. The molecule has 0 aromatic rings. The Bertz CT molecular complexity index is 253. The zero-order valence-corrected chi connectivity index (χ0v) is 12.7. The average molecular weight is 271 g/mol. The van der Waals surface area contributed by atoms with Crippen molar-refractivity contribution in [2.24, 2.45) is 5.92 Å². The highest BCUT2D eigenvalue weighted by molar-refractivity contribution is 5.78. The molecule has 1 fully saturated rings. The van der Waals surface area contributed by atoms with Gasteiger partial charge in [-0.1, -0.05) is 13.8 Å². The monoisotopic (exact) mass is 271 g/mol. The Hall–Kier alpha value is -0.650. The number of hydrogen-bond donors (Lipinski definition) is 1. The lowest BCUT2D eigenvalue weighted by molar-refractivity contribution is -0.132. The molecule has 5 heteroatoms. The van der Waals surface area contributed by atoms with Gasteiger partial charge in [-0.05, 0) is 19.4 Å². The summed E-state index contributed by atoms with van der Waals surface area (Å²) in [5.41, 5.74) is 0. The second-order valence-corrected chi connectivity index (χ2v) is 5.66. The van der Waals surface area contributed by atoms with E-state index in [1.54, 1.807) is 0 Å². The second kappa shape index (κ2) is 9.28. The van der Waals surface area contributed by atoms with Crippen LogP contribution in [0.25, 0.3) is 0 Å². The molecule has 0 aliphatic carbocycles. The van der Waals surface area contributed by atoms with Crippen LogP contribution in [0.15, 0.2) is 0 Å². The molecule has 19 heavy (non-hydrogen) atoms. The lowest BCUT2D eigenvalue weighted by Gasteiger charge is -2.29. The van der Waals surface area contributed by atoms with Gasteiger partial charge in [-0.25, -0.2) is 0 Å². The third-order valence-corrected chi connectivity index (χ3v) is 3.33. The zero-order valence-electron chi connectivity index (χ0n) is 12.7. The van der Waals surface area contributed by atoms with Gasteiger partial charge < -0.3 is 15.0 Å². The van der Waals surface area contributed by atoms with Crippen molar-refractivity contribution in [3.05, 3.63) is 0 Å². The van der Waals surface area contributed by atoms with Crippen molar-refractivity contribution in [3.63, 3.8) is 0 Å². The maximum atomic E-state index is 12.0. The maximum Gasteiger partial charge on any atom is 0.236 e. The molecular formula is C14H29N3O2. The van der Waals surface area contributed by atoms with E-state index in [1.807, 2.05) is 16.8 Å². The summed E-state index contributed by atoms with van der Waals surface area (Å²) in [6, 6.07) is 0. The molecule has 0 unspecified atom stereocenters. The first-order valence-corrected chi connectivity index (χ1v) is 7.34. The van der Waals surface area contributed by atoms with Gasteiger partial charge >= 0.3 is 0 Å². The van der Waals surface area contributed by atoms with E-state index in [2.05, 4.69) is 19.2 Å². The summed E-state index contributed by atoms with van der Waals surface area (Å²) in [5, 5.41) is 3.25. The van der Waals surface area contributed by atoms with Crippen LogP contribution in [0.2, 0.25) is 0 Å². The standard InChI is InChI=1S/C14H29N3O2/c1-13(2)4-10-19-11-9-16(3)12-14(18)17-7-5-15-6-8-17/h13,15H,4-12H2,1-3H3. The van der Waals surface area contributed by atoms with Gasteiger partial charge in [0, 0.05) is 39.3 Å². The number of hydrogen-bond acceptors (Lipinski definition) is 4. The van der Waals surface area contributed by atoms with Crippen LogP contribution in [0, 0.1) is 5.92 Å². The van der Waals surface area contributed by atoms with Gasteiger partial charge in [0.25, 0.3) is 0 Å². The number of amides is 1. The Kier molecular flexibility index (Phi) is 8.02. The highest BCUT2D eigenvalue weighted by atomic mass is 16.5. The first kappa shape index (κ1) is 16.4. The fraction of sp³-hybridized carbons (Fsp3) is 0.929. The van der Waals surface area contributed by atoms with Crippen molar-refractivity contribution >= 4 is 5.91 Å². The number of likely N-dealkylation sites (N-methyl/N-ethyl adjacent to an activating group) is 1. The van der Waals surface area contributed by atoms with Crippen molar-refractivity contribution in [2.75, 3.05) is 59.5 Å². The van der Waals surface area contributed by atoms with Crippen LogP contribution in [0.3, 0.4) is 0 Å². The number of carbonyl (C=O) groups excluding carboxylic acids is 1. The van der Waals surface area contributed by atoms with E-state index in [0.29, 0.717) is 19.1 Å². The fourth-order valence-electron chi connectivity index (χ4n) is 1.97. The number of piperazine rings is 1. The summed E-state index contributed by atoms with van der Waals surface area (Å²) < 4.78 is 5.57. The highest BCUT2D eigenvalue weighted by Crippen LogP contribution is 1.99. The number of ether oxygens (including phenoxy) is 1. The van der Waals surface area contributed by atoms with Crippen LogP contribution < -0.4 is 5.32 Å². The third-order valence-electron chi connectivity index (χ3n) is 3.33. The van der Waals surface area contributed by atoms with Crippen molar-refractivity contribution in [1.82, 2.24) is 15.1 Å². The molecule has 1 saturated heterocycles. The lowest BCUT2D eigenvalue weighted by Crippen LogP contribution is -2.49. The summed E-state index contributed by atoms with van der Waals surface area (Å²) in [6.07, 6.45) is 1.10. The van der Waals surface area contributed by atoms with Gasteiger partial charge in [0.15, 0.2) is 0 Å². The van der Waals surface area contributed by atoms with Gasteiger partial charge in [-0.3, -0.25) is 9.69 Å². The van der Waals surface area contributed by atoms with E-state index in [0.717, 1.165) is 45.8 Å². The molecule has 0 spiro atoms. The van der Waals surface area contributed by atoms with E-state index in [9.17, 15) is 4.79 Å². The number of rotatable bonds is 8. The van der Waals surface area contributed by atoms with Crippen molar-refractivity contribution in [3.8, 4) is 0 Å². The molecule has 1 amide bonds. The molecule has 0 bridgehead atoms. The minimum absolute atomic E-state index is 0.228. The smallest absolute Gasteiger partial charge is 0.236 e. The molecule has 0 aromatic heterocycles. The minimum atomic E-state index is 0.228. The normalized spacial score (nSPS) is 16.4. The Balaban J connectivity index is 2.06. The summed E-state index contributed by atoms with van der Waals surface area (Å²) in [5.74, 6) is 0.915. The highest BCUT2D eigenvalue weighted by Gasteiger charge is 2.17. The van der Waals surface area contributed by atoms with Crippen LogP contribution in [0.4, 0.5) is 0 Å². The van der Waals surface area contributed by atoms with Crippen LogP contribution >= 0.6 is 0 Å². The topological polar surface area (TPSA) is 44.8 Å². The SMILES string of the molecule is CC(C)CCOCCN(C)CC(=O)N1CCNCC1. The average Bonchev–Trinajstić information content (AvgIpc) is 2.39. The van der Waals surface area contributed by atoms with E-state index in [1.165, 1.54) is 0 Å². The first-order valence-electron chi connectivity index (χ1n) is 7.34. The molecule has 1 aliphatic heterocycles. The van der Waals surface area contributed by atoms with Crippen LogP contribution in [0.5, 0.6) is 0 Å². The molecule has 0 saturated carbocycles. The molecule has 0 radical (unpaired) electrons. The third kappa shape index (κ3) is 7.50. The number of carbonyl (C=O) groups is 1. The first-order chi connectivity index (χ1) is 9.09. The van der Waals surface area contributed by atoms with Crippen LogP contribution in [0.1, 0.15) is 20.3 Å². The van der Waals surface area contributed by atoms with E-state index < -0.39 is 0 Å². The zero-order chi connectivity index (χ0) is 14.1. The maximum absolute atomic E-state index is 12.0. The molecule has 1 heterocycles. The van der Waals surface area contributed by atoms with Gasteiger partial charge in [-0.2, -0.15) is 0 Å². The molecule has 1 N–H and O–H groups in total. The van der Waals surface area contributed by atoms with E-state index >= 15 is 0 Å². The Morgan fingerprint density at radius 3 is 2.63 bits per heavy atom. The van der Waals surface area contributed by atoms with Crippen molar-refractivity contribution < 1.29 is 9.53 Å². The summed E-state index contributed by atoms with van der Waals surface area (Å²) in [7, 11) is 1.98. The fourth-order valence-corrected chi connectivity index (χ4v) is 1.97. The van der Waals surface area contributed by atoms with E-state index in [-0.39, 0.29) is 5.91 Å². The Labute approximate surface area is 117 Å². The summed E-state index contributed by atoms with van der Waals surface area (Å²) >= 11 is 0. The largest absolute Gasteiger partial charge is 0.380 e. The second-order valence-electron chi connectivity index (χ2n) is 5.66. The van der Waals surface area contributed by atoms with Crippen molar-refractivity contribution in [2.45, 2.75) is 20.3 Å². The molecular weight excluding hydrogens is 242 g/mol. The van der Waals surface area contributed by atoms with E-state index in [4.69, 9.17) is 4.74 Å². The molecule has 0 aromatic carbocycles. The minimum Gasteiger partial charge on any atom is -0.380 e. The molecule has 1 aliphatic rings. The van der Waals surface area contributed by atoms with Crippen molar-refractivity contribution in [1.29, 1.82) is 0 Å². The predicted molar refractivity (Wildman–Crippen MR) is 77.2 cm³/mol. The molecule has 5 nitrogen and oxygen atoms in total. The lowest BCUT2D eigenvalue weighted by atomic mass is 10.1. The molecule has 112 valence electrons. The van der Waals surface area contributed by atoms with Gasteiger partial charge in [0.05, 0.1) is 13.2 Å². The van der Waals surface area contributed by atoms with Crippen LogP contribution in [-0.2, 0) is 9.53 Å². The summed E-state index contributed by atoms with van der Waals surface area (Å²) in [6.45, 7) is 10.7. The summed E-state index contributed by atoms with van der Waals surface area (Å²) in [4.78, 5) is 16.0. The molecule has 0 atom stereocenters.